The standard InChI is InChI=1S/C56H46N3O2.Pt/c1-55(2,3)41-33-44(53(60)45(34-41)56(4,5)6)54-58-52-48(59(54)47-24-22-38(35-16-10-7-11-17-35)30-42(47)37-20-14-9-15-21-37)25-27-50-51(52)43-31-40(23-26-49(43)61-50)46-32-39(28-29-57-46)36-18-12-8-13-19-36;/h7-30,32-34,60H,1-6H3;/q-1;. The van der Waals surface area contributed by atoms with E-state index in [4.69, 9.17) is 14.4 Å². The molecule has 0 fully saturated rings. The molecule has 6 heteroatoms. The zero-order valence-electron chi connectivity index (χ0n) is 35.6. The van der Waals surface area contributed by atoms with Gasteiger partial charge < -0.3 is 9.52 Å². The number of imidazole rings is 1. The summed E-state index contributed by atoms with van der Waals surface area (Å²) >= 11 is 0. The third-order valence-corrected chi connectivity index (χ3v) is 11.8. The van der Waals surface area contributed by atoms with E-state index in [1.54, 1.807) is 0 Å². The Hall–Kier alpha value is -6.55. The number of nitrogens with zero attached hydrogens (tertiary/aromatic N) is 3. The molecule has 0 aliphatic heterocycles. The van der Waals surface area contributed by atoms with E-state index in [0.29, 0.717) is 22.6 Å². The van der Waals surface area contributed by atoms with Crippen LogP contribution in [0.25, 0.3) is 94.7 Å². The third kappa shape index (κ3) is 7.25. The normalized spacial score (nSPS) is 12.0. The molecule has 0 atom stereocenters. The van der Waals surface area contributed by atoms with Crippen LogP contribution in [0.15, 0.2) is 168 Å². The summed E-state index contributed by atoms with van der Waals surface area (Å²) < 4.78 is 8.79. The first kappa shape index (κ1) is 40.8. The van der Waals surface area contributed by atoms with Crippen molar-refractivity contribution in [3.8, 4) is 67.5 Å². The molecule has 10 aromatic rings. The molecular weight excluding hydrogens is 942 g/mol. The van der Waals surface area contributed by atoms with Gasteiger partial charge in [0.05, 0.1) is 33.5 Å². The minimum atomic E-state index is -0.339. The molecule has 62 heavy (non-hydrogen) atoms. The first-order valence-electron chi connectivity index (χ1n) is 20.9. The number of phenols is 1. The summed E-state index contributed by atoms with van der Waals surface area (Å²) in [5.74, 6) is 0.870. The molecule has 3 aromatic heterocycles. The summed E-state index contributed by atoms with van der Waals surface area (Å²) in [5.41, 5.74) is 14.4. The quantitative estimate of drug-likeness (QED) is 0.169. The fourth-order valence-electron chi connectivity index (χ4n) is 8.48. The maximum absolute atomic E-state index is 12.5. The fraction of sp³-hybridized carbons (Fsp3) is 0.143. The smallest absolute Gasteiger partial charge is 0.148 e. The number of hydrogen-bond acceptors (Lipinski definition) is 4. The number of furan rings is 1. The minimum absolute atomic E-state index is 0. The van der Waals surface area contributed by atoms with E-state index in [1.807, 2.05) is 60.8 Å². The zero-order valence-corrected chi connectivity index (χ0v) is 37.9. The second-order valence-corrected chi connectivity index (χ2v) is 18.0. The number of benzene rings is 7. The maximum Gasteiger partial charge on any atom is 0.148 e. The first-order chi connectivity index (χ1) is 29.4. The molecule has 0 radical (unpaired) electrons. The summed E-state index contributed by atoms with van der Waals surface area (Å²) in [4.78, 5) is 10.4. The molecule has 0 saturated carbocycles. The van der Waals surface area contributed by atoms with Crippen LogP contribution in [-0.2, 0) is 31.9 Å². The zero-order chi connectivity index (χ0) is 42.0. The maximum atomic E-state index is 12.5. The number of aromatic hydroxyl groups is 1. The summed E-state index contributed by atoms with van der Waals surface area (Å²) in [6, 6.07) is 58.3. The average molecular weight is 988 g/mol. The monoisotopic (exact) mass is 987 g/mol. The fourth-order valence-corrected chi connectivity index (χ4v) is 8.48. The van der Waals surface area contributed by atoms with Crippen molar-refractivity contribution in [2.75, 3.05) is 0 Å². The Kier molecular flexibility index (Phi) is 10.4. The first-order valence-corrected chi connectivity index (χ1v) is 20.9. The largest absolute Gasteiger partial charge is 0.507 e. The Balaban J connectivity index is 0.00000490. The Morgan fingerprint density at radius 1 is 0.581 bits per heavy atom. The van der Waals surface area contributed by atoms with Crippen molar-refractivity contribution in [2.45, 2.75) is 52.4 Å². The minimum Gasteiger partial charge on any atom is -0.507 e. The molecule has 3 heterocycles. The van der Waals surface area contributed by atoms with E-state index >= 15 is 0 Å². The van der Waals surface area contributed by atoms with Crippen molar-refractivity contribution in [1.82, 2.24) is 14.5 Å². The van der Waals surface area contributed by atoms with Crippen LogP contribution in [0.2, 0.25) is 0 Å². The van der Waals surface area contributed by atoms with Crippen LogP contribution in [0.5, 0.6) is 5.75 Å². The Morgan fingerprint density at radius 3 is 1.85 bits per heavy atom. The van der Waals surface area contributed by atoms with Crippen LogP contribution in [0.3, 0.4) is 0 Å². The van der Waals surface area contributed by atoms with Crippen molar-refractivity contribution in [3.05, 3.63) is 181 Å². The molecule has 0 aliphatic carbocycles. The van der Waals surface area contributed by atoms with Crippen molar-refractivity contribution >= 4 is 33.0 Å². The van der Waals surface area contributed by atoms with Gasteiger partial charge in [0.25, 0.3) is 0 Å². The van der Waals surface area contributed by atoms with Gasteiger partial charge in [0.15, 0.2) is 0 Å². The second-order valence-electron chi connectivity index (χ2n) is 18.0. The van der Waals surface area contributed by atoms with Crippen molar-refractivity contribution in [1.29, 1.82) is 0 Å². The summed E-state index contributed by atoms with van der Waals surface area (Å²) in [7, 11) is 0. The van der Waals surface area contributed by atoms with E-state index < -0.39 is 0 Å². The number of hydrogen-bond donors (Lipinski definition) is 1. The predicted octanol–water partition coefficient (Wildman–Crippen LogP) is 14.8. The van der Waals surface area contributed by atoms with Gasteiger partial charge in [-0.1, -0.05) is 168 Å². The van der Waals surface area contributed by atoms with Gasteiger partial charge in [-0.2, -0.15) is 0 Å². The van der Waals surface area contributed by atoms with E-state index in [9.17, 15) is 5.11 Å². The van der Waals surface area contributed by atoms with Gasteiger partial charge in [0.2, 0.25) is 0 Å². The summed E-state index contributed by atoms with van der Waals surface area (Å²) in [6.07, 6.45) is 1.85. The van der Waals surface area contributed by atoms with Gasteiger partial charge in [-0.05, 0) is 86.0 Å². The molecule has 308 valence electrons. The number of pyridine rings is 1. The molecule has 5 nitrogen and oxygen atoms in total. The van der Waals surface area contributed by atoms with E-state index in [0.717, 1.165) is 83.3 Å². The summed E-state index contributed by atoms with van der Waals surface area (Å²) in [5, 5.41) is 14.2. The van der Waals surface area contributed by atoms with E-state index in [-0.39, 0.29) is 37.6 Å². The van der Waals surface area contributed by atoms with Gasteiger partial charge in [-0.25, -0.2) is 4.98 Å². The molecule has 1 N–H and O–H groups in total. The van der Waals surface area contributed by atoms with Gasteiger partial charge in [-0.3, -0.25) is 9.55 Å². The molecule has 0 bridgehead atoms. The molecule has 0 aliphatic rings. The Bertz CT molecular complexity index is 3260. The van der Waals surface area contributed by atoms with Crippen LogP contribution < -0.4 is 0 Å². The molecular formula is C56H46N3O2Pt-. The predicted molar refractivity (Wildman–Crippen MR) is 251 cm³/mol. The van der Waals surface area contributed by atoms with Crippen molar-refractivity contribution in [2.24, 2.45) is 0 Å². The van der Waals surface area contributed by atoms with E-state index in [2.05, 4.69) is 155 Å². The Labute approximate surface area is 377 Å². The second kappa shape index (κ2) is 15.7. The van der Waals surface area contributed by atoms with Crippen LogP contribution in [0, 0.1) is 6.07 Å². The molecule has 7 aromatic carbocycles. The summed E-state index contributed by atoms with van der Waals surface area (Å²) in [6.45, 7) is 13.1. The molecule has 0 spiro atoms. The van der Waals surface area contributed by atoms with Gasteiger partial charge in [-0.15, -0.1) is 12.1 Å². The average Bonchev–Trinajstić information content (AvgIpc) is 3.85. The van der Waals surface area contributed by atoms with Crippen LogP contribution in [0.4, 0.5) is 0 Å². The van der Waals surface area contributed by atoms with Crippen molar-refractivity contribution < 1.29 is 30.6 Å². The molecule has 0 unspecified atom stereocenters. The number of aromatic nitrogens is 3. The molecule has 10 rings (SSSR count). The molecule has 0 amide bonds. The SMILES string of the molecule is CC(C)(C)c1cc(-c2nc3c4c(ccc3n2-c2ccc(-c3ccccc3)cc2-c2ccccc2)oc2ccc(-c3cc(-c5ccccc5)ccn3)[c-]c24)c(O)c(C(C)(C)C)c1.[Pt]. The van der Waals surface area contributed by atoms with E-state index in [1.165, 1.54) is 0 Å². The van der Waals surface area contributed by atoms with Gasteiger partial charge in [0, 0.05) is 44.1 Å². The Morgan fingerprint density at radius 2 is 1.21 bits per heavy atom. The molecule has 0 saturated heterocycles. The number of rotatable bonds is 6. The van der Waals surface area contributed by atoms with Crippen molar-refractivity contribution in [3.63, 3.8) is 0 Å². The van der Waals surface area contributed by atoms with Crippen LogP contribution in [0.1, 0.15) is 52.7 Å². The van der Waals surface area contributed by atoms with Gasteiger partial charge in [0.1, 0.15) is 11.6 Å². The number of fused-ring (bicyclic) bond motifs is 5. The topological polar surface area (TPSA) is 64.1 Å². The number of phenolic OH excluding ortho intramolecular Hbond substituents is 1. The van der Waals surface area contributed by atoms with Crippen LogP contribution in [-0.4, -0.2) is 19.6 Å². The van der Waals surface area contributed by atoms with Crippen LogP contribution >= 0.6 is 0 Å². The third-order valence-electron chi connectivity index (χ3n) is 11.8. The van der Waals surface area contributed by atoms with Gasteiger partial charge >= 0.3 is 0 Å².